The third kappa shape index (κ3) is 11.1. The topological polar surface area (TPSA) is 74.2 Å². The van der Waals surface area contributed by atoms with Crippen molar-refractivity contribution in [1.29, 1.82) is 0 Å². The molecule has 0 saturated carbocycles. The summed E-state index contributed by atoms with van der Waals surface area (Å²) in [5, 5.41) is 11.3. The second-order valence-corrected chi connectivity index (χ2v) is 19.2. The van der Waals surface area contributed by atoms with Gasteiger partial charge in [-0.2, -0.15) is 0 Å². The highest BCUT2D eigenvalue weighted by atomic mass is 28.4. The van der Waals surface area contributed by atoms with Gasteiger partial charge in [-0.25, -0.2) is 0 Å². The molecule has 7 heteroatoms. The quantitative estimate of drug-likeness (QED) is 0.167. The number of methoxy groups -OCH3 is 1. The van der Waals surface area contributed by atoms with Crippen LogP contribution < -0.4 is 4.74 Å². The van der Waals surface area contributed by atoms with E-state index < -0.39 is 20.3 Å². The standard InChI is InChI=1S/C37H60O6Si/c1-25(2)35(42-24-31-18-20-32(40-10)21-19-31)27(4)33(38)22-34(39)28(5)36(43-44(11,12)37(7,8)9)26(3)29(6)41-23-30-16-14-13-15-17-30/h13-21,25-29,33,35-36,38H,22-24H2,1-12H3/t26-,27-,28-,29?,33-,35+,36-/m0/s1. The maximum atomic E-state index is 13.9. The van der Waals surface area contributed by atoms with Crippen LogP contribution in [0.2, 0.25) is 18.1 Å². The van der Waals surface area contributed by atoms with Gasteiger partial charge in [0.1, 0.15) is 11.5 Å². The van der Waals surface area contributed by atoms with Crippen molar-refractivity contribution >= 4 is 14.1 Å². The van der Waals surface area contributed by atoms with Crippen LogP contribution in [0.25, 0.3) is 0 Å². The fourth-order valence-electron chi connectivity index (χ4n) is 5.25. The van der Waals surface area contributed by atoms with Crippen LogP contribution in [0.5, 0.6) is 5.75 Å². The van der Waals surface area contributed by atoms with Gasteiger partial charge in [0.15, 0.2) is 8.32 Å². The molecule has 0 fully saturated rings. The molecule has 6 nitrogen and oxygen atoms in total. The lowest BCUT2D eigenvalue weighted by atomic mass is 9.82. The molecule has 1 unspecified atom stereocenters. The van der Waals surface area contributed by atoms with Crippen molar-refractivity contribution in [2.75, 3.05) is 7.11 Å². The van der Waals surface area contributed by atoms with E-state index in [2.05, 4.69) is 73.7 Å². The number of Topliss-reactive ketones (excluding diaryl/α,β-unsaturated/α-hetero) is 1. The van der Waals surface area contributed by atoms with Crippen molar-refractivity contribution in [3.05, 3.63) is 65.7 Å². The van der Waals surface area contributed by atoms with Gasteiger partial charge in [0.2, 0.25) is 0 Å². The molecule has 44 heavy (non-hydrogen) atoms. The molecular weight excluding hydrogens is 568 g/mol. The van der Waals surface area contributed by atoms with E-state index >= 15 is 0 Å². The monoisotopic (exact) mass is 628 g/mol. The van der Waals surface area contributed by atoms with Crippen LogP contribution in [0.1, 0.15) is 79.9 Å². The fourth-order valence-corrected chi connectivity index (χ4v) is 6.70. The molecule has 0 heterocycles. The molecule has 248 valence electrons. The molecule has 0 bridgehead atoms. The van der Waals surface area contributed by atoms with Crippen molar-refractivity contribution in [3.63, 3.8) is 0 Å². The predicted octanol–water partition coefficient (Wildman–Crippen LogP) is 8.46. The molecule has 0 saturated heterocycles. The predicted molar refractivity (Wildman–Crippen MR) is 182 cm³/mol. The molecule has 0 amide bonds. The van der Waals surface area contributed by atoms with Crippen molar-refractivity contribution in [2.24, 2.45) is 23.7 Å². The van der Waals surface area contributed by atoms with Crippen LogP contribution in [0.3, 0.4) is 0 Å². The molecule has 2 aromatic rings. The highest BCUT2D eigenvalue weighted by Gasteiger charge is 2.44. The summed E-state index contributed by atoms with van der Waals surface area (Å²) >= 11 is 0. The first-order valence-electron chi connectivity index (χ1n) is 16.3. The lowest BCUT2D eigenvalue weighted by molar-refractivity contribution is -0.132. The van der Waals surface area contributed by atoms with Crippen molar-refractivity contribution in [2.45, 2.75) is 124 Å². The van der Waals surface area contributed by atoms with E-state index in [1.807, 2.05) is 56.3 Å². The van der Waals surface area contributed by atoms with Crippen molar-refractivity contribution < 1.29 is 28.5 Å². The van der Waals surface area contributed by atoms with Gasteiger partial charge in [0, 0.05) is 24.2 Å². The Labute approximate surface area is 269 Å². The van der Waals surface area contributed by atoms with Gasteiger partial charge in [0.25, 0.3) is 0 Å². The van der Waals surface area contributed by atoms with E-state index in [9.17, 15) is 9.90 Å². The van der Waals surface area contributed by atoms with Gasteiger partial charge in [0.05, 0.1) is 44.7 Å². The Hall–Kier alpha value is -2.03. The second kappa shape index (κ2) is 17.0. The van der Waals surface area contributed by atoms with E-state index in [4.69, 9.17) is 18.6 Å². The van der Waals surface area contributed by atoms with Gasteiger partial charge in [-0.3, -0.25) is 4.79 Å². The van der Waals surface area contributed by atoms with Gasteiger partial charge in [-0.1, -0.05) is 97.9 Å². The number of hydrogen-bond donors (Lipinski definition) is 1. The number of rotatable bonds is 18. The first-order valence-corrected chi connectivity index (χ1v) is 19.2. The second-order valence-electron chi connectivity index (χ2n) is 14.5. The number of ketones is 1. The minimum Gasteiger partial charge on any atom is -0.497 e. The number of aliphatic hydroxyl groups is 1. The zero-order chi connectivity index (χ0) is 33.2. The smallest absolute Gasteiger partial charge is 0.192 e. The van der Waals surface area contributed by atoms with Gasteiger partial charge < -0.3 is 23.7 Å². The maximum absolute atomic E-state index is 13.9. The average molecular weight is 629 g/mol. The lowest BCUT2D eigenvalue weighted by Crippen LogP contribution is -2.50. The highest BCUT2D eigenvalue weighted by molar-refractivity contribution is 6.74. The summed E-state index contributed by atoms with van der Waals surface area (Å²) in [6.07, 6.45) is -1.44. The molecule has 0 aromatic heterocycles. The fraction of sp³-hybridized carbons (Fsp3) is 0.649. The minimum absolute atomic E-state index is 0.00725. The molecule has 0 aliphatic carbocycles. The zero-order valence-electron chi connectivity index (χ0n) is 29.4. The number of carbonyl (C=O) groups excluding carboxylic acids is 1. The molecule has 2 aromatic carbocycles. The number of hydrogen-bond acceptors (Lipinski definition) is 6. The summed E-state index contributed by atoms with van der Waals surface area (Å²) in [5.74, 6) is 0.317. The molecule has 1 N–H and O–H groups in total. The minimum atomic E-state index is -2.21. The number of carbonyl (C=O) groups is 1. The van der Waals surface area contributed by atoms with E-state index in [0.29, 0.717) is 13.2 Å². The normalized spacial score (nSPS) is 17.4. The Bertz CT molecular complexity index is 1110. The van der Waals surface area contributed by atoms with Gasteiger partial charge in [-0.05, 0) is 54.2 Å². The van der Waals surface area contributed by atoms with Crippen LogP contribution in [0.4, 0.5) is 0 Å². The zero-order valence-corrected chi connectivity index (χ0v) is 30.4. The van der Waals surface area contributed by atoms with Gasteiger partial charge in [-0.15, -0.1) is 0 Å². The summed E-state index contributed by atoms with van der Waals surface area (Å²) in [6, 6.07) is 17.9. The molecule has 0 aliphatic rings. The van der Waals surface area contributed by atoms with E-state index in [1.165, 1.54) is 0 Å². The number of aliphatic hydroxyl groups excluding tert-OH is 1. The summed E-state index contributed by atoms with van der Waals surface area (Å²) in [6.45, 7) is 24.3. The third-order valence-corrected chi connectivity index (χ3v) is 14.1. The molecule has 0 radical (unpaired) electrons. The van der Waals surface area contributed by atoms with E-state index in [1.54, 1.807) is 7.11 Å². The Kier molecular flexibility index (Phi) is 14.8. The van der Waals surface area contributed by atoms with Crippen molar-refractivity contribution in [1.82, 2.24) is 0 Å². The van der Waals surface area contributed by atoms with Crippen LogP contribution in [-0.2, 0) is 31.9 Å². The molecule has 2 rings (SSSR count). The van der Waals surface area contributed by atoms with Gasteiger partial charge >= 0.3 is 0 Å². The molecule has 7 atom stereocenters. The SMILES string of the molecule is COc1ccc(CO[C@H](C(C)C)[C@@H](C)[C@@H](O)CC(=O)[C@H](C)[C@@H](O[Si](C)(C)C(C)(C)C)[C@@H](C)C(C)OCc2ccccc2)cc1. The third-order valence-electron chi connectivity index (χ3n) is 9.65. The molecule has 0 aliphatic heterocycles. The van der Waals surface area contributed by atoms with E-state index in [-0.39, 0.29) is 53.3 Å². The summed E-state index contributed by atoms with van der Waals surface area (Å²) in [4.78, 5) is 13.9. The number of ether oxygens (including phenoxy) is 3. The van der Waals surface area contributed by atoms with Crippen LogP contribution in [-0.4, -0.2) is 50.7 Å². The summed E-state index contributed by atoms with van der Waals surface area (Å²) < 4.78 is 24.9. The Morgan fingerprint density at radius 2 is 1.34 bits per heavy atom. The summed E-state index contributed by atoms with van der Waals surface area (Å²) in [7, 11) is -0.567. The highest BCUT2D eigenvalue weighted by Crippen LogP contribution is 2.40. The molecular formula is C37H60O6Si. The first kappa shape index (κ1) is 38.2. The largest absolute Gasteiger partial charge is 0.497 e. The van der Waals surface area contributed by atoms with Crippen molar-refractivity contribution in [3.8, 4) is 5.75 Å². The van der Waals surface area contributed by atoms with E-state index in [0.717, 1.165) is 16.9 Å². The Morgan fingerprint density at radius 1 is 0.795 bits per heavy atom. The lowest BCUT2D eigenvalue weighted by Gasteiger charge is -2.43. The summed E-state index contributed by atoms with van der Waals surface area (Å²) in [5.41, 5.74) is 2.15. The Balaban J connectivity index is 2.15. The van der Waals surface area contributed by atoms with Crippen LogP contribution >= 0.6 is 0 Å². The first-order chi connectivity index (χ1) is 20.5. The average Bonchev–Trinajstić information content (AvgIpc) is 2.97. The number of benzene rings is 2. The van der Waals surface area contributed by atoms with Crippen LogP contribution in [0, 0.1) is 23.7 Å². The maximum Gasteiger partial charge on any atom is 0.192 e. The van der Waals surface area contributed by atoms with Crippen LogP contribution in [0.15, 0.2) is 54.6 Å². The Morgan fingerprint density at radius 3 is 1.86 bits per heavy atom. The molecule has 0 spiro atoms.